The van der Waals surface area contributed by atoms with Gasteiger partial charge in [-0.1, -0.05) is 17.3 Å². The lowest BCUT2D eigenvalue weighted by molar-refractivity contribution is 0.0798. The fourth-order valence-corrected chi connectivity index (χ4v) is 3.85. The van der Waals surface area contributed by atoms with Gasteiger partial charge in [0.2, 0.25) is 0 Å². The topological polar surface area (TPSA) is 49.3 Å². The number of oxime groups is 1. The number of benzene rings is 2. The van der Waals surface area contributed by atoms with E-state index in [1.807, 2.05) is 31.2 Å². The number of nitrogens with zero attached hydrogens (tertiary/aromatic N) is 1. The highest BCUT2D eigenvalue weighted by atomic mass is 19.1. The Balaban J connectivity index is 1.51. The average Bonchev–Trinajstić information content (AvgIpc) is 2.78. The molecule has 1 fully saturated rings. The molecule has 1 aliphatic carbocycles. The molecule has 1 saturated carbocycles. The van der Waals surface area contributed by atoms with Crippen molar-refractivity contribution in [1.29, 1.82) is 0 Å². The normalized spacial score (nSPS) is 19.1. The van der Waals surface area contributed by atoms with Crippen molar-refractivity contribution >= 4 is 5.97 Å². The number of halogens is 1. The summed E-state index contributed by atoms with van der Waals surface area (Å²) < 4.78 is 31.9. The fourth-order valence-electron chi connectivity index (χ4n) is 3.85. The van der Waals surface area contributed by atoms with E-state index in [1.165, 1.54) is 7.11 Å². The second-order valence-electron chi connectivity index (χ2n) is 7.99. The Morgan fingerprint density at radius 2 is 1.56 bits per heavy atom. The van der Waals surface area contributed by atoms with Crippen LogP contribution in [-0.4, -0.2) is 31.9 Å². The number of allylic oxidation sites excluding steroid dienone is 1. The molecule has 0 aliphatic heterocycles. The first-order chi connectivity index (χ1) is 15.5. The van der Waals surface area contributed by atoms with Crippen molar-refractivity contribution in [2.24, 2.45) is 5.16 Å². The minimum absolute atomic E-state index is 0.128. The van der Waals surface area contributed by atoms with Gasteiger partial charge < -0.3 is 19.0 Å². The summed E-state index contributed by atoms with van der Waals surface area (Å²) in [6, 6.07) is 10.9. The molecule has 5 nitrogen and oxygen atoms in total. The quantitative estimate of drug-likeness (QED) is 0.260. The zero-order chi connectivity index (χ0) is 22.9. The van der Waals surface area contributed by atoms with E-state index in [9.17, 15) is 4.39 Å². The zero-order valence-corrected chi connectivity index (χ0v) is 19.3. The van der Waals surface area contributed by atoms with Crippen molar-refractivity contribution in [2.45, 2.75) is 58.7 Å². The Kier molecular flexibility index (Phi) is 8.54. The molecular weight excluding hydrogens is 409 g/mol. The molecule has 0 atom stereocenters. The lowest BCUT2D eigenvalue weighted by atomic mass is 9.94. The van der Waals surface area contributed by atoms with Gasteiger partial charge in [-0.25, -0.2) is 0 Å². The van der Waals surface area contributed by atoms with Gasteiger partial charge in [0.1, 0.15) is 31.0 Å². The number of hydrogen-bond donors (Lipinski definition) is 0. The van der Waals surface area contributed by atoms with Crippen LogP contribution in [-0.2, 0) is 4.84 Å². The van der Waals surface area contributed by atoms with Crippen LogP contribution < -0.4 is 14.2 Å². The molecule has 0 aromatic heterocycles. The van der Waals surface area contributed by atoms with Crippen LogP contribution in [0.25, 0.3) is 0 Å². The minimum atomic E-state index is -0.653. The maximum atomic E-state index is 13.7. The van der Waals surface area contributed by atoms with Gasteiger partial charge in [-0.15, -0.1) is 0 Å². The van der Waals surface area contributed by atoms with E-state index in [1.54, 1.807) is 24.3 Å². The standard InChI is InChI=1S/C26H32FNO4/c1-5-6-15-30-24-16-18(2)25(19(3)17-24)32-23-13-11-22(12-14-23)31-21-9-7-20(8-10-21)26(27)28-29-4/h5-10,16-17,22-23H,11-15H2,1-4H3/b6-5+,28-26-. The van der Waals surface area contributed by atoms with Gasteiger partial charge in [-0.05, 0) is 94.0 Å². The minimum Gasteiger partial charge on any atom is -0.490 e. The summed E-state index contributed by atoms with van der Waals surface area (Å²) in [4.78, 5) is 4.46. The molecule has 0 spiro atoms. The Morgan fingerprint density at radius 1 is 0.969 bits per heavy atom. The molecule has 3 rings (SSSR count). The van der Waals surface area contributed by atoms with E-state index in [0.29, 0.717) is 12.2 Å². The van der Waals surface area contributed by atoms with Crippen LogP contribution in [0.15, 0.2) is 53.7 Å². The van der Waals surface area contributed by atoms with Gasteiger partial charge in [0.05, 0.1) is 12.2 Å². The van der Waals surface area contributed by atoms with E-state index in [0.717, 1.165) is 54.1 Å². The van der Waals surface area contributed by atoms with Crippen LogP contribution in [0.3, 0.4) is 0 Å². The first-order valence-electron chi connectivity index (χ1n) is 11.1. The molecule has 0 saturated heterocycles. The summed E-state index contributed by atoms with van der Waals surface area (Å²) >= 11 is 0. The fraction of sp³-hybridized carbons (Fsp3) is 0.423. The molecule has 32 heavy (non-hydrogen) atoms. The number of aryl methyl sites for hydroxylation is 2. The van der Waals surface area contributed by atoms with Crippen LogP contribution in [0.4, 0.5) is 4.39 Å². The van der Waals surface area contributed by atoms with E-state index in [4.69, 9.17) is 14.2 Å². The zero-order valence-electron chi connectivity index (χ0n) is 19.3. The van der Waals surface area contributed by atoms with Gasteiger partial charge >= 0.3 is 0 Å². The molecule has 2 aromatic rings. The van der Waals surface area contributed by atoms with Gasteiger partial charge in [-0.3, -0.25) is 0 Å². The van der Waals surface area contributed by atoms with Crippen LogP contribution in [0, 0.1) is 13.8 Å². The Morgan fingerprint density at radius 3 is 2.12 bits per heavy atom. The maximum Gasteiger partial charge on any atom is 0.257 e. The third-order valence-electron chi connectivity index (χ3n) is 5.49. The maximum absolute atomic E-state index is 13.7. The van der Waals surface area contributed by atoms with Crippen molar-refractivity contribution in [1.82, 2.24) is 0 Å². The highest BCUT2D eigenvalue weighted by Gasteiger charge is 2.25. The van der Waals surface area contributed by atoms with E-state index < -0.39 is 5.97 Å². The van der Waals surface area contributed by atoms with E-state index >= 15 is 0 Å². The lowest BCUT2D eigenvalue weighted by Gasteiger charge is -2.30. The molecule has 0 radical (unpaired) electrons. The Hall–Kier alpha value is -3.02. The first-order valence-corrected chi connectivity index (χ1v) is 11.1. The van der Waals surface area contributed by atoms with Crippen LogP contribution in [0.5, 0.6) is 17.2 Å². The van der Waals surface area contributed by atoms with Crippen molar-refractivity contribution in [3.8, 4) is 17.2 Å². The largest absolute Gasteiger partial charge is 0.490 e. The summed E-state index contributed by atoms with van der Waals surface area (Å²) in [6.07, 6.45) is 7.93. The van der Waals surface area contributed by atoms with Gasteiger partial charge in [0.25, 0.3) is 5.97 Å². The third-order valence-corrected chi connectivity index (χ3v) is 5.49. The average molecular weight is 442 g/mol. The molecule has 1 aliphatic rings. The summed E-state index contributed by atoms with van der Waals surface area (Å²) in [5.41, 5.74) is 2.53. The van der Waals surface area contributed by atoms with Crippen molar-refractivity contribution in [3.05, 3.63) is 65.2 Å². The monoisotopic (exact) mass is 441 g/mol. The molecule has 0 bridgehead atoms. The van der Waals surface area contributed by atoms with Gasteiger partial charge in [0, 0.05) is 5.56 Å². The molecule has 0 unspecified atom stereocenters. The second kappa shape index (κ2) is 11.6. The lowest BCUT2D eigenvalue weighted by Crippen LogP contribution is -2.30. The summed E-state index contributed by atoms with van der Waals surface area (Å²) in [6.45, 7) is 6.66. The van der Waals surface area contributed by atoms with Crippen LogP contribution in [0.1, 0.15) is 49.3 Å². The highest BCUT2D eigenvalue weighted by molar-refractivity contribution is 5.92. The Bertz CT molecular complexity index is 908. The van der Waals surface area contributed by atoms with E-state index in [2.05, 4.69) is 23.8 Å². The Labute approximate surface area is 189 Å². The number of ether oxygens (including phenoxy) is 3. The number of hydrogen-bond acceptors (Lipinski definition) is 5. The molecule has 0 N–H and O–H groups in total. The second-order valence-corrected chi connectivity index (χ2v) is 7.99. The molecular formula is C26H32FNO4. The van der Waals surface area contributed by atoms with Crippen molar-refractivity contribution in [3.63, 3.8) is 0 Å². The number of rotatable bonds is 9. The van der Waals surface area contributed by atoms with Crippen LogP contribution >= 0.6 is 0 Å². The smallest absolute Gasteiger partial charge is 0.257 e. The predicted octanol–water partition coefficient (Wildman–Crippen LogP) is 6.30. The van der Waals surface area contributed by atoms with Crippen molar-refractivity contribution in [2.75, 3.05) is 13.7 Å². The molecule has 0 amide bonds. The molecule has 172 valence electrons. The third kappa shape index (κ3) is 6.49. The SMILES string of the molecule is C/C=C/COc1cc(C)c(OC2CCC(Oc3ccc(/C(F)=N/OC)cc3)CC2)c(C)c1. The predicted molar refractivity (Wildman–Crippen MR) is 125 cm³/mol. The van der Waals surface area contributed by atoms with Gasteiger partial charge in [-0.2, -0.15) is 4.39 Å². The van der Waals surface area contributed by atoms with E-state index in [-0.39, 0.29) is 12.2 Å². The molecule has 2 aromatic carbocycles. The molecule has 0 heterocycles. The van der Waals surface area contributed by atoms with Crippen molar-refractivity contribution < 1.29 is 23.4 Å². The first kappa shape index (κ1) is 23.6. The summed E-state index contributed by atoms with van der Waals surface area (Å²) in [7, 11) is 1.32. The highest BCUT2D eigenvalue weighted by Crippen LogP contribution is 2.33. The molecule has 6 heteroatoms. The van der Waals surface area contributed by atoms with Crippen LogP contribution in [0.2, 0.25) is 0 Å². The summed E-state index contributed by atoms with van der Waals surface area (Å²) in [5.74, 6) is 1.88. The van der Waals surface area contributed by atoms with Gasteiger partial charge in [0.15, 0.2) is 0 Å². The summed E-state index contributed by atoms with van der Waals surface area (Å²) in [5, 5.41) is 3.30.